The van der Waals surface area contributed by atoms with Crippen molar-refractivity contribution in [1.82, 2.24) is 0 Å². The van der Waals surface area contributed by atoms with Crippen molar-refractivity contribution in [2.24, 2.45) is 0 Å². The number of rotatable bonds is 0. The first kappa shape index (κ1) is 24.3. The van der Waals surface area contributed by atoms with Crippen LogP contribution in [0.5, 0.6) is 0 Å². The zero-order valence-corrected chi connectivity index (χ0v) is 12.2. The molecule has 0 saturated heterocycles. The van der Waals surface area contributed by atoms with Gasteiger partial charge in [-0.2, -0.15) is 0 Å². The summed E-state index contributed by atoms with van der Waals surface area (Å²) in [6, 6.07) is 0. The van der Waals surface area contributed by atoms with Crippen LogP contribution in [0.25, 0.3) is 0 Å². The largest absolute Gasteiger partial charge is 0 e. The molecule has 0 N–H and O–H groups in total. The van der Waals surface area contributed by atoms with Crippen LogP contribution in [0.4, 0.5) is 0 Å². The molecule has 0 fully saturated rings. The quantitative estimate of drug-likeness (QED) is 0.523. The van der Waals surface area contributed by atoms with Crippen LogP contribution in [-0.4, -0.2) is 23.1 Å². The fourth-order valence-corrected chi connectivity index (χ4v) is 0. The van der Waals surface area contributed by atoms with Crippen LogP contribution >= 0.6 is 0 Å². The smallest absolute Gasteiger partial charge is 0 e. The summed E-state index contributed by atoms with van der Waals surface area (Å²) in [5.41, 5.74) is 0. The van der Waals surface area contributed by atoms with E-state index in [2.05, 4.69) is 0 Å². The molecule has 0 spiro atoms. The molecule has 0 aliphatic rings. The second-order valence-corrected chi connectivity index (χ2v) is 0. The molecule has 0 nitrogen and oxygen atoms in total. The Hall–Kier alpha value is 4.10. The van der Waals surface area contributed by atoms with Crippen molar-refractivity contribution in [3.05, 3.63) is 0 Å². The van der Waals surface area contributed by atoms with E-state index in [9.17, 15) is 0 Å². The molecule has 0 unspecified atom stereocenters. The first-order chi connectivity index (χ1) is 0. The SMILES string of the molecule is [Mg].[Nd].[Y].[Zr]. The van der Waals surface area contributed by atoms with Crippen LogP contribution in [0.15, 0.2) is 0 Å². The molecule has 0 aromatic rings. The fourth-order valence-electron chi connectivity index (χ4n) is 0. The van der Waals surface area contributed by atoms with Gasteiger partial charge in [0.05, 0.1) is 0 Å². The summed E-state index contributed by atoms with van der Waals surface area (Å²) in [5.74, 6) is 0. The summed E-state index contributed by atoms with van der Waals surface area (Å²) >= 11 is 0. The van der Waals surface area contributed by atoms with Crippen molar-refractivity contribution in [1.29, 1.82) is 0 Å². The molecule has 0 amide bonds. The maximum Gasteiger partial charge on any atom is 0 e. The molecule has 0 rings (SSSR count). The van der Waals surface area contributed by atoms with E-state index in [-0.39, 0.29) is 123 Å². The van der Waals surface area contributed by atoms with Crippen molar-refractivity contribution in [2.75, 3.05) is 0 Å². The van der Waals surface area contributed by atoms with E-state index < -0.39 is 0 Å². The molecule has 0 heterocycles. The maximum absolute atomic E-state index is 0. The van der Waals surface area contributed by atoms with Gasteiger partial charge in [0, 0.05) is 123 Å². The van der Waals surface area contributed by atoms with E-state index in [0.717, 1.165) is 0 Å². The third-order valence-electron chi connectivity index (χ3n) is 0. The molecule has 0 saturated carbocycles. The Kier molecular flexibility index (Phi) is 95.4. The van der Waals surface area contributed by atoms with E-state index >= 15 is 0 Å². The van der Waals surface area contributed by atoms with E-state index in [1.54, 1.807) is 0 Å². The normalized spacial score (nSPS) is 0. The maximum atomic E-state index is 0. The van der Waals surface area contributed by atoms with E-state index in [0.29, 0.717) is 0 Å². The van der Waals surface area contributed by atoms with Crippen LogP contribution in [0, 0.1) is 40.8 Å². The summed E-state index contributed by atoms with van der Waals surface area (Å²) < 4.78 is 0. The molecule has 13 valence electrons. The van der Waals surface area contributed by atoms with Gasteiger partial charge in [-0.1, -0.05) is 0 Å². The average Bonchev–Trinajstić information content (AvgIpc) is 0. The first-order valence-electron chi connectivity index (χ1n) is 0. The van der Waals surface area contributed by atoms with Gasteiger partial charge in [0.15, 0.2) is 0 Å². The number of hydrogen-bond acceptors (Lipinski definition) is 0. The minimum absolute atomic E-state index is 0. The molecule has 4 heavy (non-hydrogen) atoms. The Labute approximate surface area is 119 Å². The Balaban J connectivity index is 0. The van der Waals surface area contributed by atoms with Gasteiger partial charge >= 0.3 is 0 Å². The molecule has 4 heteroatoms. The van der Waals surface area contributed by atoms with Gasteiger partial charge in [-0.3, -0.25) is 0 Å². The van der Waals surface area contributed by atoms with Crippen LogP contribution in [0.3, 0.4) is 0 Å². The van der Waals surface area contributed by atoms with Gasteiger partial charge in [-0.15, -0.1) is 0 Å². The Bertz CT molecular complexity index is 8.00. The van der Waals surface area contributed by atoms with Crippen LogP contribution in [0.1, 0.15) is 0 Å². The topological polar surface area (TPSA) is 0 Å². The average molecular weight is 349 g/mol. The standard InChI is InChI=1S/Mg.Nd.Y.Zr. The van der Waals surface area contributed by atoms with Gasteiger partial charge in [-0.25, -0.2) is 0 Å². The third-order valence-corrected chi connectivity index (χ3v) is 0. The third kappa shape index (κ3) is 9.44. The van der Waals surface area contributed by atoms with Gasteiger partial charge < -0.3 is 0 Å². The van der Waals surface area contributed by atoms with Crippen molar-refractivity contribution in [2.45, 2.75) is 0 Å². The summed E-state index contributed by atoms with van der Waals surface area (Å²) in [6.07, 6.45) is 0. The van der Waals surface area contributed by atoms with Crippen LogP contribution < -0.4 is 0 Å². The minimum Gasteiger partial charge on any atom is 0 e. The first-order valence-corrected chi connectivity index (χ1v) is 0. The van der Waals surface area contributed by atoms with Gasteiger partial charge in [-0.05, 0) is 0 Å². The molecular weight excluding hydrogens is 349 g/mol. The molecule has 0 aromatic heterocycles. The van der Waals surface area contributed by atoms with Crippen molar-refractivity contribution in [3.8, 4) is 0 Å². The Morgan fingerprint density at radius 3 is 1.00 bits per heavy atom. The summed E-state index contributed by atoms with van der Waals surface area (Å²) in [6.45, 7) is 0. The predicted molar refractivity (Wildman–Crippen MR) is 5.75 cm³/mol. The second kappa shape index (κ2) is 15.7. The minimum atomic E-state index is 0. The van der Waals surface area contributed by atoms with E-state index in [1.807, 2.05) is 0 Å². The molecule has 0 aromatic carbocycles. The zero-order chi connectivity index (χ0) is 0. The molecule has 3 radical (unpaired) electrons. The zero-order valence-electron chi connectivity index (χ0n) is 2.28. The number of hydrogen-bond donors (Lipinski definition) is 0. The Morgan fingerprint density at radius 1 is 1.00 bits per heavy atom. The molecule has 0 aliphatic heterocycles. The monoisotopic (exact) mass is 345 g/mol. The van der Waals surface area contributed by atoms with E-state index in [1.165, 1.54) is 0 Å². The van der Waals surface area contributed by atoms with Crippen molar-refractivity contribution >= 4 is 23.1 Å². The van der Waals surface area contributed by atoms with Gasteiger partial charge in [0.25, 0.3) is 0 Å². The molecular formula is MgNdYZr. The molecule has 0 aliphatic carbocycles. The van der Waals surface area contributed by atoms with Gasteiger partial charge in [0.2, 0.25) is 0 Å². The molecule has 0 atom stereocenters. The predicted octanol–water partition coefficient (Wildman–Crippen LogP) is -0.386. The van der Waals surface area contributed by atoms with Crippen molar-refractivity contribution in [3.63, 3.8) is 0 Å². The summed E-state index contributed by atoms with van der Waals surface area (Å²) in [5, 5.41) is 0. The van der Waals surface area contributed by atoms with Gasteiger partial charge in [0.1, 0.15) is 0 Å². The fraction of sp³-hybridized carbons (Fsp3) is 0. The Morgan fingerprint density at radius 2 is 1.00 bits per heavy atom. The van der Waals surface area contributed by atoms with Crippen LogP contribution in [-0.2, 0) is 58.9 Å². The summed E-state index contributed by atoms with van der Waals surface area (Å²) in [4.78, 5) is 0. The summed E-state index contributed by atoms with van der Waals surface area (Å²) in [7, 11) is 0. The van der Waals surface area contributed by atoms with Crippen LogP contribution in [0.2, 0.25) is 0 Å². The van der Waals surface area contributed by atoms with Crippen molar-refractivity contribution < 1.29 is 99.8 Å². The molecule has 0 bridgehead atoms. The second-order valence-electron chi connectivity index (χ2n) is 0. The van der Waals surface area contributed by atoms with E-state index in [4.69, 9.17) is 0 Å².